The van der Waals surface area contributed by atoms with Crippen molar-refractivity contribution >= 4 is 17.5 Å². The Bertz CT molecular complexity index is 1000. The molecule has 0 spiro atoms. The molecule has 1 aliphatic heterocycles. The minimum Gasteiger partial charge on any atom is -0.467 e. The summed E-state index contributed by atoms with van der Waals surface area (Å²) in [5, 5.41) is 5.83. The average molecular weight is 418 g/mol. The first-order valence-electron chi connectivity index (χ1n) is 10.7. The number of benzene rings is 2. The molecule has 2 heterocycles. The van der Waals surface area contributed by atoms with Gasteiger partial charge in [-0.15, -0.1) is 0 Å². The number of anilines is 1. The minimum absolute atomic E-state index is 0.0379. The van der Waals surface area contributed by atoms with E-state index in [0.29, 0.717) is 30.1 Å². The van der Waals surface area contributed by atoms with Crippen molar-refractivity contribution < 1.29 is 14.0 Å². The number of carbonyl (C=O) groups excluding carboxylic acids is 2. The molecular weight excluding hydrogens is 390 g/mol. The van der Waals surface area contributed by atoms with Gasteiger partial charge in [0.15, 0.2) is 0 Å². The molecule has 1 atom stereocenters. The Morgan fingerprint density at radius 3 is 2.61 bits per heavy atom. The van der Waals surface area contributed by atoms with Gasteiger partial charge in [-0.25, -0.2) is 0 Å². The Labute approximate surface area is 182 Å². The molecule has 0 aliphatic carbocycles. The van der Waals surface area contributed by atoms with Crippen LogP contribution in [0.4, 0.5) is 5.69 Å². The highest BCUT2D eigenvalue weighted by Gasteiger charge is 2.26. The Balaban J connectivity index is 1.37. The summed E-state index contributed by atoms with van der Waals surface area (Å²) in [4.78, 5) is 28.0. The van der Waals surface area contributed by atoms with Crippen LogP contribution in [0.25, 0.3) is 0 Å². The fourth-order valence-corrected chi connectivity index (χ4v) is 3.96. The number of carbonyl (C=O) groups is 2. The highest BCUT2D eigenvalue weighted by atomic mass is 16.3. The second kappa shape index (κ2) is 10.1. The number of para-hydroxylation sites is 1. The molecule has 1 unspecified atom stereocenters. The molecule has 160 valence electrons. The molecule has 6 heteroatoms. The van der Waals surface area contributed by atoms with Gasteiger partial charge in [-0.2, -0.15) is 0 Å². The number of furan rings is 1. The second-order valence-corrected chi connectivity index (χ2v) is 7.86. The monoisotopic (exact) mass is 417 g/mol. The summed E-state index contributed by atoms with van der Waals surface area (Å²) >= 11 is 0. The maximum absolute atomic E-state index is 13.0. The summed E-state index contributed by atoms with van der Waals surface area (Å²) in [5.74, 6) is 0.290. The van der Waals surface area contributed by atoms with Gasteiger partial charge in [-0.05, 0) is 49.2 Å². The van der Waals surface area contributed by atoms with Crippen LogP contribution in [0.1, 0.15) is 34.5 Å². The summed E-state index contributed by atoms with van der Waals surface area (Å²) in [6.45, 7) is 2.85. The third-order valence-electron chi connectivity index (χ3n) is 5.56. The summed E-state index contributed by atoms with van der Waals surface area (Å²) in [6, 6.07) is 21.0. The van der Waals surface area contributed by atoms with Crippen molar-refractivity contribution in [1.29, 1.82) is 0 Å². The van der Waals surface area contributed by atoms with Crippen molar-refractivity contribution in [2.75, 3.05) is 18.4 Å². The van der Waals surface area contributed by atoms with E-state index in [0.717, 1.165) is 25.9 Å². The Morgan fingerprint density at radius 2 is 1.81 bits per heavy atom. The maximum atomic E-state index is 13.0. The molecule has 31 heavy (non-hydrogen) atoms. The van der Waals surface area contributed by atoms with E-state index in [1.54, 1.807) is 36.6 Å². The van der Waals surface area contributed by atoms with Crippen LogP contribution in [0.2, 0.25) is 0 Å². The summed E-state index contributed by atoms with van der Waals surface area (Å²) in [6.07, 6.45) is 3.40. The van der Waals surface area contributed by atoms with Crippen molar-refractivity contribution in [2.24, 2.45) is 5.92 Å². The largest absolute Gasteiger partial charge is 0.467 e. The molecule has 4 rings (SSSR count). The molecule has 6 nitrogen and oxygen atoms in total. The molecule has 2 aromatic carbocycles. The van der Waals surface area contributed by atoms with Crippen molar-refractivity contribution in [3.05, 3.63) is 89.9 Å². The number of likely N-dealkylation sites (tertiary alicyclic amines) is 1. The number of nitrogens with zero attached hydrogens (tertiary/aromatic N) is 1. The van der Waals surface area contributed by atoms with E-state index in [1.165, 1.54) is 5.56 Å². The normalized spacial score (nSPS) is 16.6. The standard InChI is InChI=1S/C25H27N3O3/c29-24(20-10-6-14-28(18-20)17-19-8-2-1-3-9-19)27-23-13-5-4-12-22(23)25(30)26-16-21-11-7-15-31-21/h1-5,7-9,11-13,15,20H,6,10,14,16-18H2,(H,26,30)(H,27,29). The number of piperidine rings is 1. The molecule has 0 radical (unpaired) electrons. The lowest BCUT2D eigenvalue weighted by atomic mass is 9.96. The zero-order valence-corrected chi connectivity index (χ0v) is 17.4. The van der Waals surface area contributed by atoms with E-state index >= 15 is 0 Å². The molecule has 1 fully saturated rings. The molecule has 1 saturated heterocycles. The predicted octanol–water partition coefficient (Wildman–Crippen LogP) is 4.06. The number of hydrogen-bond donors (Lipinski definition) is 2. The first-order chi connectivity index (χ1) is 15.2. The number of amides is 2. The third kappa shape index (κ3) is 5.61. The van der Waals surface area contributed by atoms with Crippen LogP contribution in [-0.2, 0) is 17.9 Å². The molecule has 0 saturated carbocycles. The van der Waals surface area contributed by atoms with Crippen LogP contribution in [0.3, 0.4) is 0 Å². The van der Waals surface area contributed by atoms with Crippen LogP contribution in [0, 0.1) is 5.92 Å². The van der Waals surface area contributed by atoms with E-state index in [2.05, 4.69) is 27.7 Å². The first kappa shape index (κ1) is 20.9. The molecule has 3 aromatic rings. The van der Waals surface area contributed by atoms with Gasteiger partial charge in [0.2, 0.25) is 5.91 Å². The number of hydrogen-bond acceptors (Lipinski definition) is 4. The molecular formula is C25H27N3O3. The van der Waals surface area contributed by atoms with Gasteiger partial charge in [0.25, 0.3) is 5.91 Å². The minimum atomic E-state index is -0.248. The number of nitrogens with one attached hydrogen (secondary N) is 2. The molecule has 1 aromatic heterocycles. The van der Waals surface area contributed by atoms with Gasteiger partial charge in [0, 0.05) is 13.1 Å². The highest BCUT2D eigenvalue weighted by Crippen LogP contribution is 2.22. The van der Waals surface area contributed by atoms with Crippen molar-refractivity contribution in [3.63, 3.8) is 0 Å². The predicted molar refractivity (Wildman–Crippen MR) is 119 cm³/mol. The van der Waals surface area contributed by atoms with Crippen LogP contribution in [0.5, 0.6) is 0 Å². The topological polar surface area (TPSA) is 74.6 Å². The molecule has 0 bridgehead atoms. The summed E-state index contributed by atoms with van der Waals surface area (Å²) < 4.78 is 5.26. The van der Waals surface area contributed by atoms with Gasteiger partial charge in [0.05, 0.1) is 30.0 Å². The molecule has 1 aliphatic rings. The third-order valence-corrected chi connectivity index (χ3v) is 5.56. The summed E-state index contributed by atoms with van der Waals surface area (Å²) in [5.41, 5.74) is 2.23. The zero-order valence-electron chi connectivity index (χ0n) is 17.4. The smallest absolute Gasteiger partial charge is 0.253 e. The van der Waals surface area contributed by atoms with Gasteiger partial charge < -0.3 is 15.1 Å². The molecule has 2 amide bonds. The van der Waals surface area contributed by atoms with Gasteiger partial charge >= 0.3 is 0 Å². The van der Waals surface area contributed by atoms with E-state index in [-0.39, 0.29) is 17.7 Å². The number of rotatable bonds is 7. The SMILES string of the molecule is O=C(NCc1ccco1)c1ccccc1NC(=O)C1CCCN(Cc2ccccc2)C1. The van der Waals surface area contributed by atoms with E-state index in [1.807, 2.05) is 24.3 Å². The van der Waals surface area contributed by atoms with Crippen molar-refractivity contribution in [3.8, 4) is 0 Å². The zero-order chi connectivity index (χ0) is 21.5. The Morgan fingerprint density at radius 1 is 1.00 bits per heavy atom. The van der Waals surface area contributed by atoms with E-state index in [4.69, 9.17) is 4.42 Å². The Hall–Kier alpha value is -3.38. The van der Waals surface area contributed by atoms with Crippen molar-refractivity contribution in [1.82, 2.24) is 10.2 Å². The van der Waals surface area contributed by atoms with Crippen LogP contribution >= 0.6 is 0 Å². The first-order valence-corrected chi connectivity index (χ1v) is 10.7. The molecule has 2 N–H and O–H groups in total. The second-order valence-electron chi connectivity index (χ2n) is 7.86. The summed E-state index contributed by atoms with van der Waals surface area (Å²) in [7, 11) is 0. The fraction of sp³-hybridized carbons (Fsp3) is 0.280. The average Bonchev–Trinajstić information content (AvgIpc) is 3.32. The van der Waals surface area contributed by atoms with Crippen molar-refractivity contribution in [2.45, 2.75) is 25.9 Å². The lowest BCUT2D eigenvalue weighted by Crippen LogP contribution is -2.40. The van der Waals surface area contributed by atoms with Crippen LogP contribution in [-0.4, -0.2) is 29.8 Å². The lowest BCUT2D eigenvalue weighted by molar-refractivity contribution is -0.121. The van der Waals surface area contributed by atoms with Crippen LogP contribution < -0.4 is 10.6 Å². The quantitative estimate of drug-likeness (QED) is 0.608. The van der Waals surface area contributed by atoms with Gasteiger partial charge in [-0.1, -0.05) is 42.5 Å². The lowest BCUT2D eigenvalue weighted by Gasteiger charge is -2.32. The van der Waals surface area contributed by atoms with E-state index in [9.17, 15) is 9.59 Å². The van der Waals surface area contributed by atoms with Gasteiger partial charge in [0.1, 0.15) is 5.76 Å². The Kier molecular flexibility index (Phi) is 6.79. The fourth-order valence-electron chi connectivity index (χ4n) is 3.96. The van der Waals surface area contributed by atoms with Crippen LogP contribution in [0.15, 0.2) is 77.4 Å². The van der Waals surface area contributed by atoms with E-state index < -0.39 is 0 Å². The highest BCUT2D eigenvalue weighted by molar-refractivity contribution is 6.04. The van der Waals surface area contributed by atoms with Gasteiger partial charge in [-0.3, -0.25) is 14.5 Å². The maximum Gasteiger partial charge on any atom is 0.253 e.